The number of fused-ring (bicyclic) bond motifs is 1. The van der Waals surface area contributed by atoms with Gasteiger partial charge >= 0.3 is 0 Å². The summed E-state index contributed by atoms with van der Waals surface area (Å²) in [6.07, 6.45) is 7.18. The van der Waals surface area contributed by atoms with Crippen LogP contribution >= 0.6 is 0 Å². The van der Waals surface area contributed by atoms with Crippen LogP contribution in [0.25, 0.3) is 0 Å². The second-order valence-corrected chi connectivity index (χ2v) is 9.50. The van der Waals surface area contributed by atoms with Gasteiger partial charge < -0.3 is 15.0 Å². The van der Waals surface area contributed by atoms with Gasteiger partial charge in [-0.1, -0.05) is 31.9 Å². The molecule has 1 spiro atoms. The van der Waals surface area contributed by atoms with Crippen molar-refractivity contribution in [3.05, 3.63) is 54.1 Å². The molecule has 0 bridgehead atoms. The molecule has 2 unspecified atom stereocenters. The van der Waals surface area contributed by atoms with Crippen molar-refractivity contribution in [3.8, 4) is 5.75 Å². The van der Waals surface area contributed by atoms with E-state index in [-0.39, 0.29) is 5.91 Å². The molecule has 1 N–H and O–H groups in total. The second kappa shape index (κ2) is 8.19. The van der Waals surface area contributed by atoms with Crippen molar-refractivity contribution < 1.29 is 9.53 Å². The third-order valence-corrected chi connectivity index (χ3v) is 7.54. The molecule has 1 saturated carbocycles. The summed E-state index contributed by atoms with van der Waals surface area (Å²) >= 11 is 0. The zero-order chi connectivity index (χ0) is 21.4. The lowest BCUT2D eigenvalue weighted by Gasteiger charge is -2.53. The molecule has 0 aromatic heterocycles. The first kappa shape index (κ1) is 20.4. The van der Waals surface area contributed by atoms with E-state index in [1.54, 1.807) is 7.11 Å². The van der Waals surface area contributed by atoms with Crippen molar-refractivity contribution in [3.63, 3.8) is 0 Å². The van der Waals surface area contributed by atoms with E-state index in [1.807, 2.05) is 53.4 Å². The molecule has 2 aromatic carbocycles. The van der Waals surface area contributed by atoms with E-state index in [1.165, 1.54) is 25.7 Å². The molecule has 2 atom stereocenters. The largest absolute Gasteiger partial charge is 0.497 e. The summed E-state index contributed by atoms with van der Waals surface area (Å²) < 4.78 is 5.34. The van der Waals surface area contributed by atoms with Gasteiger partial charge in [-0.05, 0) is 55.2 Å². The van der Waals surface area contributed by atoms with Crippen molar-refractivity contribution in [2.45, 2.75) is 57.2 Å². The third-order valence-electron chi connectivity index (χ3n) is 7.54. The van der Waals surface area contributed by atoms with Gasteiger partial charge in [0, 0.05) is 43.3 Å². The number of benzene rings is 2. The van der Waals surface area contributed by atoms with Gasteiger partial charge in [-0.15, -0.1) is 0 Å². The van der Waals surface area contributed by atoms with Crippen LogP contribution in [0, 0.1) is 5.92 Å². The van der Waals surface area contributed by atoms with E-state index in [9.17, 15) is 4.79 Å². The standard InChI is InChI=1S/C26H33N3O2/c1-19-6-5-7-21(18-19)28-16-14-26(15-17-28)27-24-9-4-3-8-23(24)25(30)29(26)20-10-12-22(31-2)13-11-20/h3-4,8-13,19,21,27H,5-7,14-18H2,1-2H3. The Morgan fingerprint density at radius 2 is 1.77 bits per heavy atom. The molecule has 0 radical (unpaired) electrons. The van der Waals surface area contributed by atoms with Crippen molar-refractivity contribution >= 4 is 17.3 Å². The van der Waals surface area contributed by atoms with Gasteiger partial charge in [-0.25, -0.2) is 0 Å². The van der Waals surface area contributed by atoms with Crippen LogP contribution in [0.3, 0.4) is 0 Å². The lowest BCUT2D eigenvalue weighted by Crippen LogP contribution is -2.65. The highest BCUT2D eigenvalue weighted by molar-refractivity contribution is 6.12. The Labute approximate surface area is 185 Å². The molecule has 5 rings (SSSR count). The molecule has 1 saturated heterocycles. The second-order valence-electron chi connectivity index (χ2n) is 9.50. The lowest BCUT2D eigenvalue weighted by atomic mass is 9.83. The van der Waals surface area contributed by atoms with Crippen LogP contribution in [0.15, 0.2) is 48.5 Å². The van der Waals surface area contributed by atoms with Gasteiger partial charge in [0.2, 0.25) is 0 Å². The molecular weight excluding hydrogens is 386 g/mol. The molecular formula is C26H33N3O2. The lowest BCUT2D eigenvalue weighted by molar-refractivity contribution is 0.0757. The smallest absolute Gasteiger partial charge is 0.262 e. The van der Waals surface area contributed by atoms with Crippen LogP contribution in [-0.4, -0.2) is 42.7 Å². The summed E-state index contributed by atoms with van der Waals surface area (Å²) in [4.78, 5) is 18.4. The van der Waals surface area contributed by atoms with Crippen molar-refractivity contribution in [1.82, 2.24) is 4.90 Å². The fourth-order valence-electron chi connectivity index (χ4n) is 5.84. The highest BCUT2D eigenvalue weighted by Gasteiger charge is 2.48. The van der Waals surface area contributed by atoms with E-state index in [4.69, 9.17) is 4.74 Å². The zero-order valence-electron chi connectivity index (χ0n) is 18.6. The minimum absolute atomic E-state index is 0.0826. The Hall–Kier alpha value is -2.53. The van der Waals surface area contributed by atoms with Gasteiger partial charge in [0.25, 0.3) is 5.91 Å². The number of rotatable bonds is 3. The first-order valence-electron chi connectivity index (χ1n) is 11.7. The molecule has 2 aliphatic heterocycles. The molecule has 1 amide bonds. The van der Waals surface area contributed by atoms with Crippen LogP contribution in [-0.2, 0) is 0 Å². The number of carbonyl (C=O) groups excluding carboxylic acids is 1. The molecule has 31 heavy (non-hydrogen) atoms. The van der Waals surface area contributed by atoms with Crippen LogP contribution in [0.1, 0.15) is 55.8 Å². The molecule has 3 aliphatic rings. The topological polar surface area (TPSA) is 44.8 Å². The average Bonchev–Trinajstić information content (AvgIpc) is 2.80. The van der Waals surface area contributed by atoms with Gasteiger partial charge in [0.05, 0.1) is 12.7 Å². The number of methoxy groups -OCH3 is 1. The number of anilines is 2. The summed E-state index contributed by atoms with van der Waals surface area (Å²) in [7, 11) is 1.67. The number of nitrogens with zero attached hydrogens (tertiary/aromatic N) is 2. The maximum atomic E-state index is 13.7. The number of likely N-dealkylation sites (tertiary alicyclic amines) is 1. The number of hydrogen-bond donors (Lipinski definition) is 1. The molecule has 164 valence electrons. The van der Waals surface area contributed by atoms with E-state index in [0.29, 0.717) is 6.04 Å². The van der Waals surface area contributed by atoms with Crippen LogP contribution in [0.2, 0.25) is 0 Å². The fourth-order valence-corrected chi connectivity index (χ4v) is 5.84. The van der Waals surface area contributed by atoms with E-state index >= 15 is 0 Å². The molecule has 1 aliphatic carbocycles. The Morgan fingerprint density at radius 1 is 1.03 bits per heavy atom. The van der Waals surface area contributed by atoms with Gasteiger partial charge in [0.15, 0.2) is 0 Å². The molecule has 5 heteroatoms. The Bertz CT molecular complexity index is 934. The number of ether oxygens (including phenoxy) is 1. The Kier molecular flexibility index (Phi) is 5.39. The minimum Gasteiger partial charge on any atom is -0.497 e. The van der Waals surface area contributed by atoms with Crippen molar-refractivity contribution in [2.75, 3.05) is 30.4 Å². The third kappa shape index (κ3) is 3.69. The molecule has 2 aromatic rings. The Morgan fingerprint density at radius 3 is 2.48 bits per heavy atom. The quantitative estimate of drug-likeness (QED) is 0.748. The number of nitrogens with one attached hydrogen (secondary N) is 1. The normalized spacial score (nSPS) is 25.7. The highest BCUT2D eigenvalue weighted by Crippen LogP contribution is 2.42. The average molecular weight is 420 g/mol. The summed E-state index contributed by atoms with van der Waals surface area (Å²) in [5.74, 6) is 1.71. The predicted molar refractivity (Wildman–Crippen MR) is 125 cm³/mol. The number of hydrogen-bond acceptors (Lipinski definition) is 4. The SMILES string of the molecule is COc1ccc(N2C(=O)c3ccccc3NC23CCN(C2CCCC(C)C2)CC3)cc1. The van der Waals surface area contributed by atoms with Gasteiger partial charge in [-0.3, -0.25) is 9.69 Å². The van der Waals surface area contributed by atoms with E-state index < -0.39 is 5.66 Å². The number of piperidine rings is 1. The molecule has 2 heterocycles. The van der Waals surface area contributed by atoms with E-state index in [2.05, 4.69) is 17.1 Å². The summed E-state index contributed by atoms with van der Waals surface area (Å²) in [5.41, 5.74) is 2.23. The highest BCUT2D eigenvalue weighted by atomic mass is 16.5. The van der Waals surface area contributed by atoms with Crippen LogP contribution in [0.5, 0.6) is 5.75 Å². The maximum Gasteiger partial charge on any atom is 0.262 e. The van der Waals surface area contributed by atoms with Crippen molar-refractivity contribution in [2.24, 2.45) is 5.92 Å². The van der Waals surface area contributed by atoms with Gasteiger partial charge in [0.1, 0.15) is 11.4 Å². The van der Waals surface area contributed by atoms with Crippen LogP contribution < -0.4 is 15.0 Å². The fraction of sp³-hybridized carbons (Fsp3) is 0.500. The maximum absolute atomic E-state index is 13.7. The monoisotopic (exact) mass is 419 g/mol. The minimum atomic E-state index is -0.392. The summed E-state index contributed by atoms with van der Waals surface area (Å²) in [6, 6.07) is 16.5. The number of amides is 1. The predicted octanol–water partition coefficient (Wildman–Crippen LogP) is 5.14. The van der Waals surface area contributed by atoms with E-state index in [0.717, 1.165) is 54.5 Å². The number of para-hydroxylation sites is 1. The first-order valence-corrected chi connectivity index (χ1v) is 11.7. The van der Waals surface area contributed by atoms with Crippen molar-refractivity contribution in [1.29, 1.82) is 0 Å². The molecule has 2 fully saturated rings. The van der Waals surface area contributed by atoms with Gasteiger partial charge in [-0.2, -0.15) is 0 Å². The first-order chi connectivity index (χ1) is 15.1. The zero-order valence-corrected chi connectivity index (χ0v) is 18.6. The summed E-state index contributed by atoms with van der Waals surface area (Å²) in [5, 5.41) is 3.80. The summed E-state index contributed by atoms with van der Waals surface area (Å²) in [6.45, 7) is 4.43. The number of carbonyl (C=O) groups is 1. The Balaban J connectivity index is 1.45. The van der Waals surface area contributed by atoms with Crippen LogP contribution in [0.4, 0.5) is 11.4 Å². The molecule has 5 nitrogen and oxygen atoms in total.